The second kappa shape index (κ2) is 9.72. The van der Waals surface area contributed by atoms with Gasteiger partial charge in [-0.3, -0.25) is 4.98 Å². The number of aromatic amines is 1. The summed E-state index contributed by atoms with van der Waals surface area (Å²) < 4.78 is 27.9. The van der Waals surface area contributed by atoms with Gasteiger partial charge in [0.2, 0.25) is 10.0 Å². The van der Waals surface area contributed by atoms with Crippen LogP contribution in [-0.2, 0) is 16.4 Å². The van der Waals surface area contributed by atoms with E-state index in [1.165, 1.54) is 4.31 Å². The molecule has 2 N–H and O–H groups in total. The number of fused-ring (bicyclic) bond motifs is 1. The highest BCUT2D eigenvalue weighted by Gasteiger charge is 2.30. The molecule has 0 aliphatic heterocycles. The summed E-state index contributed by atoms with van der Waals surface area (Å²) in [6.45, 7) is 9.51. The average molecular weight is 443 g/mol. The number of nitrogens with zero attached hydrogens (tertiary/aromatic N) is 3. The molecule has 31 heavy (non-hydrogen) atoms. The van der Waals surface area contributed by atoms with Gasteiger partial charge in [-0.1, -0.05) is 32.1 Å². The van der Waals surface area contributed by atoms with Crippen LogP contribution in [-0.4, -0.2) is 52.0 Å². The van der Waals surface area contributed by atoms with Crippen molar-refractivity contribution in [3.63, 3.8) is 0 Å². The van der Waals surface area contributed by atoms with Crippen LogP contribution in [0.5, 0.6) is 0 Å². The Labute approximate surface area is 183 Å². The first-order chi connectivity index (χ1) is 14.8. The monoisotopic (exact) mass is 442 g/mol. The molecule has 0 unspecified atom stereocenters. The lowest BCUT2D eigenvalue weighted by atomic mass is 10.0. The third-order valence-electron chi connectivity index (χ3n) is 5.17. The number of sulfonamides is 1. The van der Waals surface area contributed by atoms with Crippen LogP contribution in [0.3, 0.4) is 0 Å². The van der Waals surface area contributed by atoms with E-state index in [1.54, 1.807) is 36.5 Å². The fraction of sp³-hybridized carbons (Fsp3) is 0.391. The Morgan fingerprint density at radius 3 is 2.55 bits per heavy atom. The summed E-state index contributed by atoms with van der Waals surface area (Å²) in [6.07, 6.45) is 4.41. The van der Waals surface area contributed by atoms with Gasteiger partial charge in [0.05, 0.1) is 22.7 Å². The molecule has 2 aromatic heterocycles. The Hall–Kier alpha value is -2.55. The predicted molar refractivity (Wildman–Crippen MR) is 122 cm³/mol. The van der Waals surface area contributed by atoms with Gasteiger partial charge in [-0.05, 0) is 43.0 Å². The molecule has 0 radical (unpaired) electrons. The molecule has 1 atom stereocenters. The number of aliphatic hydroxyl groups is 1. The van der Waals surface area contributed by atoms with Gasteiger partial charge < -0.3 is 10.1 Å². The summed E-state index contributed by atoms with van der Waals surface area (Å²) in [4.78, 5) is 12.4. The summed E-state index contributed by atoms with van der Waals surface area (Å²) in [7, 11) is -3.77. The molecular weight excluding hydrogens is 412 g/mol. The van der Waals surface area contributed by atoms with Crippen LogP contribution in [0, 0.1) is 12.8 Å². The number of pyridine rings is 1. The molecule has 1 aromatic carbocycles. The number of benzene rings is 1. The number of aryl methyl sites for hydroxylation is 1. The van der Waals surface area contributed by atoms with Crippen LogP contribution in [0.1, 0.15) is 37.4 Å². The van der Waals surface area contributed by atoms with Gasteiger partial charge in [0.15, 0.2) is 0 Å². The van der Waals surface area contributed by atoms with Crippen molar-refractivity contribution in [2.45, 2.75) is 44.6 Å². The summed E-state index contributed by atoms with van der Waals surface area (Å²) in [5.74, 6) is 1.08. The first kappa shape index (κ1) is 23.1. The number of hydrogen-bond acceptors (Lipinski definition) is 5. The normalized spacial score (nSPS) is 13.2. The highest BCUT2D eigenvalue weighted by Crippen LogP contribution is 2.23. The third kappa shape index (κ3) is 5.20. The average Bonchev–Trinajstić information content (AvgIpc) is 3.12. The van der Waals surface area contributed by atoms with Gasteiger partial charge in [-0.15, -0.1) is 6.58 Å². The van der Waals surface area contributed by atoms with Crippen molar-refractivity contribution in [1.82, 2.24) is 19.3 Å². The summed E-state index contributed by atoms with van der Waals surface area (Å²) in [5, 5.41) is 9.82. The molecule has 166 valence electrons. The molecule has 3 rings (SSSR count). The Bertz CT molecular complexity index is 1140. The van der Waals surface area contributed by atoms with Crippen LogP contribution in [0.4, 0.5) is 0 Å². The molecule has 0 amide bonds. The minimum absolute atomic E-state index is 0.145. The van der Waals surface area contributed by atoms with Gasteiger partial charge in [0.1, 0.15) is 11.3 Å². The highest BCUT2D eigenvalue weighted by atomic mass is 32.2. The lowest BCUT2D eigenvalue weighted by Gasteiger charge is -2.30. The van der Waals surface area contributed by atoms with Crippen LogP contribution in [0.15, 0.2) is 54.1 Å². The quantitative estimate of drug-likeness (QED) is 0.469. The van der Waals surface area contributed by atoms with Crippen molar-refractivity contribution in [1.29, 1.82) is 0 Å². The highest BCUT2D eigenvalue weighted by molar-refractivity contribution is 7.89. The molecule has 8 heteroatoms. The number of nitrogens with one attached hydrogen (secondary N) is 1. The van der Waals surface area contributed by atoms with Gasteiger partial charge in [-0.25, -0.2) is 13.4 Å². The largest absolute Gasteiger partial charge is 0.395 e. The van der Waals surface area contributed by atoms with E-state index in [1.807, 2.05) is 26.8 Å². The van der Waals surface area contributed by atoms with E-state index in [4.69, 9.17) is 0 Å². The fourth-order valence-corrected chi connectivity index (χ4v) is 5.35. The predicted octanol–water partition coefficient (Wildman–Crippen LogP) is 3.44. The zero-order chi connectivity index (χ0) is 22.6. The van der Waals surface area contributed by atoms with Crippen molar-refractivity contribution >= 4 is 21.1 Å². The second-order valence-electron chi connectivity index (χ2n) is 8.13. The van der Waals surface area contributed by atoms with Crippen LogP contribution in [0.25, 0.3) is 11.0 Å². The Morgan fingerprint density at radius 2 is 1.94 bits per heavy atom. The summed E-state index contributed by atoms with van der Waals surface area (Å²) in [6, 6.07) is 8.22. The number of imidazole rings is 1. The van der Waals surface area contributed by atoms with E-state index < -0.39 is 16.1 Å². The van der Waals surface area contributed by atoms with Crippen molar-refractivity contribution < 1.29 is 13.5 Å². The van der Waals surface area contributed by atoms with Gasteiger partial charge in [0, 0.05) is 25.2 Å². The number of aromatic nitrogens is 3. The third-order valence-corrected chi connectivity index (χ3v) is 7.10. The summed E-state index contributed by atoms with van der Waals surface area (Å²) >= 11 is 0. The zero-order valence-electron chi connectivity index (χ0n) is 18.2. The van der Waals surface area contributed by atoms with Gasteiger partial charge in [-0.2, -0.15) is 4.31 Å². The van der Waals surface area contributed by atoms with E-state index in [-0.39, 0.29) is 24.0 Å². The molecular formula is C23H30N4O3S. The van der Waals surface area contributed by atoms with Crippen LogP contribution in [0.2, 0.25) is 0 Å². The van der Waals surface area contributed by atoms with E-state index in [2.05, 4.69) is 21.5 Å². The molecule has 0 saturated carbocycles. The Balaban J connectivity index is 1.86. The van der Waals surface area contributed by atoms with Crippen molar-refractivity contribution in [2.75, 3.05) is 13.2 Å². The molecule has 0 saturated heterocycles. The molecule has 0 aliphatic carbocycles. The standard InChI is InChI=1S/C23H30N4O3S/c1-5-12-27(19(15-28)13-16(2)3)31(29,30)20-8-6-18(7-9-20)14-22-23-21(10-11-24-22)25-17(4)26-23/h5-11,16,19,28H,1,12-15H2,2-4H3,(H,25,26)/t19-/m0/s1. The van der Waals surface area contributed by atoms with Crippen molar-refractivity contribution in [3.05, 3.63) is 66.3 Å². The topological polar surface area (TPSA) is 99.2 Å². The lowest BCUT2D eigenvalue weighted by Crippen LogP contribution is -2.43. The number of hydrogen-bond donors (Lipinski definition) is 2. The molecule has 7 nitrogen and oxygen atoms in total. The summed E-state index contributed by atoms with van der Waals surface area (Å²) in [5.41, 5.74) is 3.54. The lowest BCUT2D eigenvalue weighted by molar-refractivity contribution is 0.175. The second-order valence-corrected chi connectivity index (χ2v) is 10.0. The SMILES string of the molecule is C=CCN([C@H](CO)CC(C)C)S(=O)(=O)c1ccc(Cc2nccc3[nH]c(C)nc23)cc1. The molecule has 0 aliphatic rings. The zero-order valence-corrected chi connectivity index (χ0v) is 19.1. The number of rotatable bonds is 10. The molecule has 0 bridgehead atoms. The maximum Gasteiger partial charge on any atom is 0.243 e. The maximum absolute atomic E-state index is 13.3. The fourth-order valence-electron chi connectivity index (χ4n) is 3.75. The maximum atomic E-state index is 13.3. The molecule has 0 spiro atoms. The minimum atomic E-state index is -3.77. The van der Waals surface area contributed by atoms with Gasteiger partial charge in [0.25, 0.3) is 0 Å². The van der Waals surface area contributed by atoms with Crippen LogP contribution < -0.4 is 0 Å². The van der Waals surface area contributed by atoms with E-state index >= 15 is 0 Å². The van der Waals surface area contributed by atoms with E-state index in [9.17, 15) is 13.5 Å². The molecule has 3 aromatic rings. The Kier molecular flexibility index (Phi) is 7.25. The Morgan fingerprint density at radius 1 is 1.23 bits per heavy atom. The van der Waals surface area contributed by atoms with Crippen molar-refractivity contribution in [2.24, 2.45) is 5.92 Å². The van der Waals surface area contributed by atoms with Gasteiger partial charge >= 0.3 is 0 Å². The smallest absolute Gasteiger partial charge is 0.243 e. The van der Waals surface area contributed by atoms with E-state index in [0.29, 0.717) is 12.8 Å². The van der Waals surface area contributed by atoms with Crippen molar-refractivity contribution in [3.8, 4) is 0 Å². The molecule has 2 heterocycles. The minimum Gasteiger partial charge on any atom is -0.395 e. The van der Waals surface area contributed by atoms with Crippen LogP contribution >= 0.6 is 0 Å². The molecule has 0 fully saturated rings. The number of H-pyrrole nitrogens is 1. The van der Waals surface area contributed by atoms with E-state index in [0.717, 1.165) is 28.1 Å². The first-order valence-corrected chi connectivity index (χ1v) is 11.8. The first-order valence-electron chi connectivity index (χ1n) is 10.4. The number of aliphatic hydroxyl groups excluding tert-OH is 1.